The van der Waals surface area contributed by atoms with Crippen LogP contribution in [0.4, 0.5) is 0 Å². The highest BCUT2D eigenvalue weighted by atomic mass is 16.2. The Balaban J connectivity index is 1.01. The van der Waals surface area contributed by atoms with Gasteiger partial charge in [0.05, 0.1) is 0 Å². The third-order valence-corrected chi connectivity index (χ3v) is 19.6. The van der Waals surface area contributed by atoms with Crippen LogP contribution >= 0.6 is 0 Å². The van der Waals surface area contributed by atoms with Gasteiger partial charge in [-0.2, -0.15) is 0 Å². The minimum Gasteiger partial charge on any atom is -0.352 e. The Morgan fingerprint density at radius 1 is 0.547 bits per heavy atom. The molecule has 0 bridgehead atoms. The van der Waals surface area contributed by atoms with E-state index in [0.29, 0.717) is 52.0 Å². The number of carbonyl (C=O) groups is 2. The number of hydrogen-bond acceptors (Lipinski definition) is 2. The van der Waals surface area contributed by atoms with Gasteiger partial charge in [-0.25, -0.2) is 0 Å². The summed E-state index contributed by atoms with van der Waals surface area (Å²) >= 11 is 0. The molecule has 5 aromatic rings. The van der Waals surface area contributed by atoms with Crippen LogP contribution in [0.1, 0.15) is 196 Å². The second kappa shape index (κ2) is 16.6. The molecule has 0 saturated heterocycles. The molecule has 4 heteroatoms. The van der Waals surface area contributed by atoms with Crippen LogP contribution in [0, 0.1) is 55.2 Å². The summed E-state index contributed by atoms with van der Waals surface area (Å²) < 4.78 is 0. The van der Waals surface area contributed by atoms with Crippen molar-refractivity contribution in [3.8, 4) is 0 Å². The van der Waals surface area contributed by atoms with E-state index < -0.39 is 0 Å². The smallest absolute Gasteiger partial charge is 0.251 e. The van der Waals surface area contributed by atoms with Crippen molar-refractivity contribution < 1.29 is 9.59 Å². The van der Waals surface area contributed by atoms with Gasteiger partial charge in [-0.1, -0.05) is 166 Å². The minimum atomic E-state index is -0.00790. The third kappa shape index (κ3) is 8.49. The highest BCUT2D eigenvalue weighted by molar-refractivity contribution is 6.35. The van der Waals surface area contributed by atoms with E-state index >= 15 is 0 Å². The number of hydrogen-bond donors (Lipinski definition) is 2. The predicted molar refractivity (Wildman–Crippen MR) is 276 cm³/mol. The van der Waals surface area contributed by atoms with Gasteiger partial charge in [-0.3, -0.25) is 9.59 Å². The molecule has 0 heterocycles. The SMILES string of the molecule is CCC(C)(CC1(C)CCC1(C)CC(C)CCNC(=O)c1ccc2c3cccc4c(C(=O)NCCC(C)CC5(C)CC5(C)CC(C)(C)C(C)(C)C)ccc(c5cccc1c25)c43)C(C)(C)C. The van der Waals surface area contributed by atoms with E-state index in [1.165, 1.54) is 51.4 Å². The summed E-state index contributed by atoms with van der Waals surface area (Å²) in [6, 6.07) is 21.0. The lowest BCUT2D eigenvalue weighted by Gasteiger charge is -2.62. The Bertz CT molecular complexity index is 2510. The molecule has 2 aliphatic carbocycles. The zero-order valence-electron chi connectivity index (χ0n) is 43.2. The Hall–Kier alpha value is -3.66. The van der Waals surface area contributed by atoms with Crippen molar-refractivity contribution in [1.29, 1.82) is 0 Å². The fourth-order valence-corrected chi connectivity index (χ4v) is 13.0. The lowest BCUT2D eigenvalue weighted by atomic mass is 9.43. The summed E-state index contributed by atoms with van der Waals surface area (Å²) in [6.45, 7) is 40.3. The van der Waals surface area contributed by atoms with Gasteiger partial charge < -0.3 is 10.6 Å². The molecule has 0 aromatic heterocycles. The second-order valence-corrected chi connectivity index (χ2v) is 26.1. The second-order valence-electron chi connectivity index (χ2n) is 26.1. The quantitative estimate of drug-likeness (QED) is 0.0722. The molecule has 348 valence electrons. The van der Waals surface area contributed by atoms with E-state index in [4.69, 9.17) is 0 Å². The standard InChI is InChI=1S/C60H86N2O2/c1-17-56(12,54(7,8)9)37-58(14)31-30-57(58,13)34-39(2)28-32-61-51(63)47-26-24-45-42-21-19-23-44-48(27-25-46(50(42)44)41-20-18-22-43(47)49(41)45)52(64)62-33-29-40(3)35-59(15)38-60(59,16)36-55(10,11)53(4,5)6/h18-27,39-40H,17,28-38H2,1-16H3,(H,61,63)(H,62,64). The van der Waals surface area contributed by atoms with Crippen LogP contribution in [0.3, 0.4) is 0 Å². The molecule has 7 unspecified atom stereocenters. The minimum absolute atomic E-state index is 0.00503. The monoisotopic (exact) mass is 867 g/mol. The van der Waals surface area contributed by atoms with Crippen LogP contribution in [0.15, 0.2) is 60.7 Å². The third-order valence-electron chi connectivity index (χ3n) is 19.6. The van der Waals surface area contributed by atoms with Crippen molar-refractivity contribution in [2.75, 3.05) is 13.1 Å². The molecular weight excluding hydrogens is 781 g/mol. The summed E-state index contributed by atoms with van der Waals surface area (Å²) in [5.41, 5.74) is 4.01. The fourth-order valence-electron chi connectivity index (χ4n) is 13.0. The summed E-state index contributed by atoms with van der Waals surface area (Å²) in [4.78, 5) is 28.0. The van der Waals surface area contributed by atoms with E-state index in [0.717, 1.165) is 67.1 Å². The largest absolute Gasteiger partial charge is 0.352 e. The maximum atomic E-state index is 14.0. The Labute approximate surface area is 388 Å². The number of benzene rings is 5. The van der Waals surface area contributed by atoms with Crippen LogP contribution in [0.25, 0.3) is 43.1 Å². The van der Waals surface area contributed by atoms with E-state index in [1.807, 2.05) is 12.1 Å². The molecule has 2 fully saturated rings. The van der Waals surface area contributed by atoms with Crippen LogP contribution in [-0.4, -0.2) is 24.9 Å². The molecule has 4 nitrogen and oxygen atoms in total. The Morgan fingerprint density at radius 2 is 0.969 bits per heavy atom. The van der Waals surface area contributed by atoms with Crippen molar-refractivity contribution in [2.45, 2.75) is 175 Å². The van der Waals surface area contributed by atoms with E-state index in [2.05, 4.69) is 170 Å². The van der Waals surface area contributed by atoms with Gasteiger partial charge in [-0.05, 0) is 168 Å². The van der Waals surface area contributed by atoms with Crippen molar-refractivity contribution in [3.63, 3.8) is 0 Å². The molecule has 2 amide bonds. The maximum absolute atomic E-state index is 14.0. The summed E-state index contributed by atoms with van der Waals surface area (Å²) in [5, 5.41) is 15.3. The van der Waals surface area contributed by atoms with Crippen molar-refractivity contribution in [1.82, 2.24) is 10.6 Å². The molecule has 64 heavy (non-hydrogen) atoms. The van der Waals surface area contributed by atoms with E-state index in [9.17, 15) is 9.59 Å². The Morgan fingerprint density at radius 3 is 1.38 bits per heavy atom. The fraction of sp³-hybridized carbons (Fsp3) is 0.633. The summed E-state index contributed by atoms with van der Waals surface area (Å²) in [7, 11) is 0. The maximum Gasteiger partial charge on any atom is 0.251 e. The highest BCUT2D eigenvalue weighted by Gasteiger charge is 2.62. The van der Waals surface area contributed by atoms with Gasteiger partial charge in [0.25, 0.3) is 11.8 Å². The average molecular weight is 867 g/mol. The average Bonchev–Trinajstić information content (AvgIpc) is 3.73. The molecule has 0 spiro atoms. The van der Waals surface area contributed by atoms with Crippen LogP contribution in [-0.2, 0) is 0 Å². The van der Waals surface area contributed by atoms with Crippen molar-refractivity contribution >= 4 is 54.9 Å². The number of carbonyl (C=O) groups excluding carboxylic acids is 2. The molecule has 2 aliphatic rings. The van der Waals surface area contributed by atoms with E-state index in [-0.39, 0.29) is 28.1 Å². The lowest BCUT2D eigenvalue weighted by Crippen LogP contribution is -2.52. The number of rotatable bonds is 17. The molecule has 0 aliphatic heterocycles. The first-order chi connectivity index (χ1) is 29.6. The van der Waals surface area contributed by atoms with Crippen molar-refractivity contribution in [2.24, 2.45) is 55.2 Å². The summed E-state index contributed by atoms with van der Waals surface area (Å²) in [5.74, 6) is 1.05. The van der Waals surface area contributed by atoms with Gasteiger partial charge in [-0.15, -0.1) is 0 Å². The van der Waals surface area contributed by atoms with Crippen LogP contribution in [0.2, 0.25) is 0 Å². The lowest BCUT2D eigenvalue weighted by molar-refractivity contribution is -0.117. The topological polar surface area (TPSA) is 58.2 Å². The normalized spacial score (nSPS) is 25.9. The van der Waals surface area contributed by atoms with Gasteiger partial charge >= 0.3 is 0 Å². The number of nitrogens with one attached hydrogen (secondary N) is 2. The predicted octanol–water partition coefficient (Wildman–Crippen LogP) is 16.6. The first kappa shape index (κ1) is 48.3. The molecule has 2 N–H and O–H groups in total. The number of fused-ring (bicyclic) bond motifs is 2. The van der Waals surface area contributed by atoms with Gasteiger partial charge in [0.2, 0.25) is 0 Å². The first-order valence-corrected chi connectivity index (χ1v) is 25.3. The zero-order valence-corrected chi connectivity index (χ0v) is 43.2. The highest BCUT2D eigenvalue weighted by Crippen LogP contribution is 2.71. The first-order valence-electron chi connectivity index (χ1n) is 25.3. The van der Waals surface area contributed by atoms with Crippen LogP contribution < -0.4 is 10.6 Å². The molecule has 5 aromatic carbocycles. The Kier molecular flexibility index (Phi) is 12.5. The van der Waals surface area contributed by atoms with E-state index in [1.54, 1.807) is 0 Å². The molecule has 7 atom stereocenters. The summed E-state index contributed by atoms with van der Waals surface area (Å²) in [6.07, 6.45) is 12.0. The van der Waals surface area contributed by atoms with Gasteiger partial charge in [0.15, 0.2) is 0 Å². The molecule has 7 rings (SSSR count). The van der Waals surface area contributed by atoms with Gasteiger partial charge in [0.1, 0.15) is 0 Å². The molecular formula is C60H86N2O2. The molecule has 0 radical (unpaired) electrons. The van der Waals surface area contributed by atoms with Crippen LogP contribution in [0.5, 0.6) is 0 Å². The van der Waals surface area contributed by atoms with Crippen molar-refractivity contribution in [3.05, 3.63) is 71.8 Å². The zero-order chi connectivity index (χ0) is 47.1. The molecule has 2 saturated carbocycles. The van der Waals surface area contributed by atoms with Gasteiger partial charge in [0, 0.05) is 24.2 Å². The number of amides is 2.